The number of fused-ring (bicyclic) bond motifs is 8. The first kappa shape index (κ1) is 26.5. The second kappa shape index (κ2) is 10.1. The van der Waals surface area contributed by atoms with E-state index in [1.165, 1.54) is 5.56 Å². The van der Waals surface area contributed by atoms with Gasteiger partial charge in [0.15, 0.2) is 5.54 Å². The van der Waals surface area contributed by atoms with Crippen LogP contribution in [0.25, 0.3) is 33.3 Å². The third-order valence-corrected chi connectivity index (χ3v) is 9.82. The smallest absolute Gasteiger partial charge is 0.263 e. The molecule has 0 saturated carbocycles. The number of aromatic amines is 1. The van der Waals surface area contributed by atoms with Crippen molar-refractivity contribution in [1.82, 2.24) is 4.98 Å². The largest absolute Gasteiger partial charge is 0.363 e. The van der Waals surface area contributed by atoms with Crippen LogP contribution < -0.4 is 10.2 Å². The van der Waals surface area contributed by atoms with Crippen molar-refractivity contribution in [3.8, 4) is 22.4 Å². The number of nitrogens with zero attached hydrogens (tertiary/aromatic N) is 1. The minimum atomic E-state index is -1.12. The summed E-state index contributed by atoms with van der Waals surface area (Å²) in [6.07, 6.45) is 0. The van der Waals surface area contributed by atoms with Gasteiger partial charge < -0.3 is 10.3 Å². The van der Waals surface area contributed by atoms with Gasteiger partial charge in [-0.3, -0.25) is 9.69 Å². The Kier molecular flexibility index (Phi) is 5.81. The Labute approximate surface area is 268 Å². The molecule has 2 aliphatic heterocycles. The molecule has 2 N–H and O–H groups in total. The highest BCUT2D eigenvalue weighted by Crippen LogP contribution is 2.57. The molecule has 0 aliphatic carbocycles. The quantitative estimate of drug-likeness (QED) is 0.213. The lowest BCUT2D eigenvalue weighted by Crippen LogP contribution is -2.49. The monoisotopic (exact) mass is 593 g/mol. The highest BCUT2D eigenvalue weighted by Gasteiger charge is 2.57. The highest BCUT2D eigenvalue weighted by atomic mass is 16.2. The van der Waals surface area contributed by atoms with E-state index in [1.807, 2.05) is 65.6 Å². The molecule has 0 bridgehead atoms. The van der Waals surface area contributed by atoms with Gasteiger partial charge in [0.25, 0.3) is 5.91 Å². The van der Waals surface area contributed by atoms with Gasteiger partial charge in [-0.1, -0.05) is 140 Å². The second-order valence-electron chi connectivity index (χ2n) is 12.2. The predicted molar refractivity (Wildman–Crippen MR) is 187 cm³/mol. The molecule has 1 amide bonds. The minimum absolute atomic E-state index is 0.00747. The maximum atomic E-state index is 15.6. The number of nitrogens with one attached hydrogen (secondary N) is 2. The fourth-order valence-corrected chi connectivity index (χ4v) is 7.77. The van der Waals surface area contributed by atoms with Crippen molar-refractivity contribution in [3.63, 3.8) is 0 Å². The van der Waals surface area contributed by atoms with E-state index in [-0.39, 0.29) is 11.9 Å². The Balaban J connectivity index is 1.33. The molecule has 4 nitrogen and oxygen atoms in total. The van der Waals surface area contributed by atoms with Crippen LogP contribution in [0, 0.1) is 6.92 Å². The summed E-state index contributed by atoms with van der Waals surface area (Å²) >= 11 is 0. The minimum Gasteiger partial charge on any atom is -0.363 e. The number of para-hydroxylation sites is 2. The molecule has 1 aromatic heterocycles. The molecule has 3 heterocycles. The van der Waals surface area contributed by atoms with Crippen molar-refractivity contribution in [2.45, 2.75) is 18.5 Å². The molecular weight excluding hydrogens is 562 g/mol. The number of aromatic nitrogens is 1. The van der Waals surface area contributed by atoms with Crippen LogP contribution in [0.2, 0.25) is 0 Å². The molecule has 6 aromatic carbocycles. The van der Waals surface area contributed by atoms with Gasteiger partial charge in [0.2, 0.25) is 0 Å². The van der Waals surface area contributed by atoms with Crippen molar-refractivity contribution in [1.29, 1.82) is 0 Å². The molecule has 1 atom stereocenters. The van der Waals surface area contributed by atoms with Gasteiger partial charge in [-0.05, 0) is 41.3 Å². The molecule has 0 fully saturated rings. The van der Waals surface area contributed by atoms with E-state index in [9.17, 15) is 0 Å². The first-order valence-corrected chi connectivity index (χ1v) is 15.8. The number of hydrogen-bond acceptors (Lipinski definition) is 2. The number of benzene rings is 6. The molecule has 1 unspecified atom stereocenters. The molecule has 0 radical (unpaired) electrons. The van der Waals surface area contributed by atoms with Crippen molar-refractivity contribution >= 4 is 28.2 Å². The molecule has 46 heavy (non-hydrogen) atoms. The Morgan fingerprint density at radius 2 is 1.24 bits per heavy atom. The Morgan fingerprint density at radius 1 is 0.630 bits per heavy atom. The van der Waals surface area contributed by atoms with Crippen molar-refractivity contribution in [2.24, 2.45) is 0 Å². The first-order chi connectivity index (χ1) is 22.7. The van der Waals surface area contributed by atoms with Crippen molar-refractivity contribution in [3.05, 3.63) is 179 Å². The zero-order chi connectivity index (χ0) is 30.8. The summed E-state index contributed by atoms with van der Waals surface area (Å²) in [5.74, 6) is 0.00747. The maximum absolute atomic E-state index is 15.6. The second-order valence-corrected chi connectivity index (χ2v) is 12.2. The average Bonchev–Trinajstić information content (AvgIpc) is 3.58. The summed E-state index contributed by atoms with van der Waals surface area (Å²) in [7, 11) is 0. The van der Waals surface area contributed by atoms with E-state index in [0.717, 1.165) is 66.9 Å². The van der Waals surface area contributed by atoms with Crippen LogP contribution in [0.1, 0.15) is 33.9 Å². The summed E-state index contributed by atoms with van der Waals surface area (Å²) in [4.78, 5) is 21.4. The summed E-state index contributed by atoms with van der Waals surface area (Å²) in [5.41, 5.74) is 11.4. The molecule has 9 rings (SSSR count). The van der Waals surface area contributed by atoms with Crippen LogP contribution >= 0.6 is 0 Å². The van der Waals surface area contributed by atoms with Crippen LogP contribution in [0.3, 0.4) is 0 Å². The topological polar surface area (TPSA) is 48.1 Å². The van der Waals surface area contributed by atoms with Gasteiger partial charge in [0, 0.05) is 39.0 Å². The van der Waals surface area contributed by atoms with Gasteiger partial charge in [-0.2, -0.15) is 0 Å². The summed E-state index contributed by atoms with van der Waals surface area (Å²) in [6.45, 7) is 2.18. The lowest BCUT2D eigenvalue weighted by molar-refractivity contribution is -0.121. The van der Waals surface area contributed by atoms with Gasteiger partial charge in [0.05, 0.1) is 17.2 Å². The maximum Gasteiger partial charge on any atom is 0.263 e. The Hall–Kier alpha value is -5.87. The van der Waals surface area contributed by atoms with Gasteiger partial charge in [-0.25, -0.2) is 0 Å². The molecular formula is C42H31N3O. The lowest BCUT2D eigenvalue weighted by atomic mass is 9.75. The van der Waals surface area contributed by atoms with Crippen molar-refractivity contribution < 1.29 is 4.79 Å². The number of rotatable bonds is 4. The number of carbonyl (C=O) groups is 1. The van der Waals surface area contributed by atoms with E-state index in [2.05, 4.69) is 108 Å². The lowest BCUT2D eigenvalue weighted by Gasteiger charge is -2.39. The fraction of sp³-hybridized carbons (Fsp3) is 0.0714. The molecule has 1 spiro atoms. The van der Waals surface area contributed by atoms with Crippen LogP contribution in [0.5, 0.6) is 0 Å². The van der Waals surface area contributed by atoms with E-state index in [4.69, 9.17) is 0 Å². The predicted octanol–water partition coefficient (Wildman–Crippen LogP) is 9.62. The Bertz CT molecular complexity index is 2230. The summed E-state index contributed by atoms with van der Waals surface area (Å²) in [5, 5.41) is 4.99. The molecule has 2 aliphatic rings. The van der Waals surface area contributed by atoms with Gasteiger partial charge in [-0.15, -0.1) is 0 Å². The number of hydrogen-bond donors (Lipinski definition) is 2. The average molecular weight is 594 g/mol. The van der Waals surface area contributed by atoms with E-state index in [0.29, 0.717) is 0 Å². The van der Waals surface area contributed by atoms with E-state index < -0.39 is 5.54 Å². The van der Waals surface area contributed by atoms with Crippen LogP contribution in [-0.4, -0.2) is 10.9 Å². The number of H-pyrrole nitrogens is 1. The number of amides is 1. The third-order valence-electron chi connectivity index (χ3n) is 9.82. The van der Waals surface area contributed by atoms with Gasteiger partial charge >= 0.3 is 0 Å². The fourth-order valence-electron chi connectivity index (χ4n) is 7.77. The standard InChI is InChI=1S/C42H31N3O/c1-27-31-25-26-34-37(39(31)43-38(27)28-15-5-2-6-16-28)32-21-11-13-23-35(32)44-42(34)33-22-12-14-24-36(33)45(41(42)46)40(29-17-7-3-8-18-29)30-19-9-4-10-20-30/h2-26,40,43-44H,1H3. The van der Waals surface area contributed by atoms with Crippen LogP contribution in [-0.2, 0) is 10.3 Å². The van der Waals surface area contributed by atoms with E-state index >= 15 is 4.79 Å². The van der Waals surface area contributed by atoms with Crippen LogP contribution in [0.4, 0.5) is 11.4 Å². The van der Waals surface area contributed by atoms with Crippen LogP contribution in [0.15, 0.2) is 152 Å². The van der Waals surface area contributed by atoms with Crippen molar-refractivity contribution in [2.75, 3.05) is 10.2 Å². The summed E-state index contributed by atoms with van der Waals surface area (Å²) in [6, 6.07) is 51.9. The number of anilines is 2. The SMILES string of the molecule is Cc1c(-c2ccccc2)[nH]c2c3c(ccc12)C1(Nc2ccccc2-3)C(=O)N(C(c2ccccc2)c2ccccc2)c2ccccc21. The summed E-state index contributed by atoms with van der Waals surface area (Å²) < 4.78 is 0. The van der Waals surface area contributed by atoms with Gasteiger partial charge in [0.1, 0.15) is 0 Å². The third kappa shape index (κ3) is 3.64. The molecule has 220 valence electrons. The number of aryl methyl sites for hydroxylation is 1. The van der Waals surface area contributed by atoms with E-state index in [1.54, 1.807) is 0 Å². The molecule has 4 heteroatoms. The normalized spacial score (nSPS) is 16.4. The molecule has 7 aromatic rings. The Morgan fingerprint density at radius 3 is 1.96 bits per heavy atom. The zero-order valence-corrected chi connectivity index (χ0v) is 25.4. The molecule has 0 saturated heterocycles. The number of carbonyl (C=O) groups excluding carboxylic acids is 1. The zero-order valence-electron chi connectivity index (χ0n) is 25.4. The first-order valence-electron chi connectivity index (χ1n) is 15.8. The highest BCUT2D eigenvalue weighted by molar-refractivity contribution is 6.17.